The van der Waals surface area contributed by atoms with E-state index < -0.39 is 0 Å². The minimum Gasteiger partial charge on any atom is -0.334 e. The third kappa shape index (κ3) is 2.56. The third-order valence-corrected chi connectivity index (χ3v) is 3.73. The fourth-order valence-corrected chi connectivity index (χ4v) is 2.57. The minimum atomic E-state index is -0.347. The zero-order chi connectivity index (χ0) is 13.3. The molecule has 96 valence electrons. The number of amides is 2. The molecule has 18 heavy (non-hydrogen) atoms. The van der Waals surface area contributed by atoms with Crippen LogP contribution in [0.1, 0.15) is 18.4 Å². The molecule has 1 saturated heterocycles. The van der Waals surface area contributed by atoms with Gasteiger partial charge >= 0.3 is 0 Å². The number of rotatable bonds is 2. The number of nitrogens with zero attached hydrogens (tertiary/aromatic N) is 1. The van der Waals surface area contributed by atoms with Crippen molar-refractivity contribution >= 4 is 33.4 Å². The molecule has 1 atom stereocenters. The van der Waals surface area contributed by atoms with Crippen LogP contribution in [-0.2, 0) is 9.59 Å². The highest BCUT2D eigenvalue weighted by Gasteiger charge is 2.33. The van der Waals surface area contributed by atoms with Gasteiger partial charge < -0.3 is 10.2 Å². The van der Waals surface area contributed by atoms with Gasteiger partial charge in [0.25, 0.3) is 0 Å². The molecule has 1 unspecified atom stereocenters. The van der Waals surface area contributed by atoms with Crippen LogP contribution in [0, 0.1) is 6.92 Å². The van der Waals surface area contributed by atoms with Crippen molar-refractivity contribution in [3.05, 3.63) is 28.2 Å². The van der Waals surface area contributed by atoms with Gasteiger partial charge in [0.2, 0.25) is 11.8 Å². The molecule has 1 aliphatic rings. The molecule has 0 aromatic heterocycles. The molecule has 1 heterocycles. The molecular weight excluding hydrogens is 296 g/mol. The summed E-state index contributed by atoms with van der Waals surface area (Å²) in [5.41, 5.74) is 1.78. The van der Waals surface area contributed by atoms with E-state index in [1.807, 2.05) is 25.1 Å². The highest BCUT2D eigenvalue weighted by atomic mass is 79.9. The van der Waals surface area contributed by atoms with E-state index in [1.54, 1.807) is 7.05 Å². The first kappa shape index (κ1) is 13.1. The Kier molecular flexibility index (Phi) is 3.71. The molecule has 4 nitrogen and oxygen atoms in total. The molecule has 0 radical (unpaired) electrons. The zero-order valence-corrected chi connectivity index (χ0v) is 12.0. The van der Waals surface area contributed by atoms with Gasteiger partial charge in [0.1, 0.15) is 6.04 Å². The van der Waals surface area contributed by atoms with E-state index in [9.17, 15) is 9.59 Å². The van der Waals surface area contributed by atoms with Gasteiger partial charge in [-0.05, 0) is 37.1 Å². The number of hydrogen-bond acceptors (Lipinski definition) is 2. The minimum absolute atomic E-state index is 0.0303. The van der Waals surface area contributed by atoms with Crippen LogP contribution in [0.2, 0.25) is 0 Å². The maximum Gasteiger partial charge on any atom is 0.247 e. The van der Waals surface area contributed by atoms with E-state index >= 15 is 0 Å². The van der Waals surface area contributed by atoms with Gasteiger partial charge in [-0.3, -0.25) is 9.59 Å². The number of likely N-dealkylation sites (tertiary alicyclic amines) is 1. The maximum atomic E-state index is 12.1. The summed E-state index contributed by atoms with van der Waals surface area (Å²) in [7, 11) is 1.67. The van der Waals surface area contributed by atoms with Gasteiger partial charge in [-0.15, -0.1) is 0 Å². The van der Waals surface area contributed by atoms with Crippen molar-refractivity contribution in [1.29, 1.82) is 0 Å². The van der Waals surface area contributed by atoms with Crippen molar-refractivity contribution in [3.63, 3.8) is 0 Å². The van der Waals surface area contributed by atoms with Crippen LogP contribution in [0.15, 0.2) is 22.7 Å². The van der Waals surface area contributed by atoms with Crippen LogP contribution in [0.4, 0.5) is 5.69 Å². The van der Waals surface area contributed by atoms with Gasteiger partial charge in [0.15, 0.2) is 0 Å². The van der Waals surface area contributed by atoms with E-state index in [-0.39, 0.29) is 17.9 Å². The fourth-order valence-electron chi connectivity index (χ4n) is 2.09. The second kappa shape index (κ2) is 5.10. The molecular formula is C13H15BrN2O2. The number of anilines is 1. The molecule has 0 aliphatic carbocycles. The largest absolute Gasteiger partial charge is 0.334 e. The first-order valence-electron chi connectivity index (χ1n) is 5.81. The standard InChI is InChI=1S/C13H15BrN2O2/c1-8-7-9(14)3-4-10(8)15-13(18)11-5-6-12(17)16(11)2/h3-4,7,11H,5-6H2,1-2H3,(H,15,18). The Labute approximate surface area is 114 Å². The quantitative estimate of drug-likeness (QED) is 0.911. The van der Waals surface area contributed by atoms with Gasteiger partial charge in [-0.25, -0.2) is 0 Å². The molecule has 1 N–H and O–H groups in total. The molecule has 5 heteroatoms. The van der Waals surface area contributed by atoms with E-state index in [2.05, 4.69) is 21.2 Å². The third-order valence-electron chi connectivity index (χ3n) is 3.24. The average Bonchev–Trinajstić information content (AvgIpc) is 2.64. The average molecular weight is 311 g/mol. The van der Waals surface area contributed by atoms with Crippen LogP contribution < -0.4 is 5.32 Å². The van der Waals surface area contributed by atoms with Gasteiger partial charge in [0, 0.05) is 23.6 Å². The zero-order valence-electron chi connectivity index (χ0n) is 10.4. The van der Waals surface area contributed by atoms with Crippen molar-refractivity contribution < 1.29 is 9.59 Å². The van der Waals surface area contributed by atoms with E-state index in [0.29, 0.717) is 12.8 Å². The number of likely N-dealkylation sites (N-methyl/N-ethyl adjacent to an activating group) is 1. The molecule has 1 fully saturated rings. The number of benzene rings is 1. The lowest BCUT2D eigenvalue weighted by Gasteiger charge is -2.19. The van der Waals surface area contributed by atoms with Gasteiger partial charge in [-0.2, -0.15) is 0 Å². The highest BCUT2D eigenvalue weighted by Crippen LogP contribution is 2.22. The monoisotopic (exact) mass is 310 g/mol. The lowest BCUT2D eigenvalue weighted by atomic mass is 10.1. The summed E-state index contributed by atoms with van der Waals surface area (Å²) in [6.07, 6.45) is 1.05. The Balaban J connectivity index is 2.10. The molecule has 0 saturated carbocycles. The summed E-state index contributed by atoms with van der Waals surface area (Å²) in [5.74, 6) is -0.0866. The van der Waals surface area contributed by atoms with Crippen molar-refractivity contribution in [2.75, 3.05) is 12.4 Å². The van der Waals surface area contributed by atoms with E-state index in [4.69, 9.17) is 0 Å². The summed E-state index contributed by atoms with van der Waals surface area (Å²) in [5, 5.41) is 2.88. The molecule has 1 aliphatic heterocycles. The Morgan fingerprint density at radius 1 is 1.50 bits per heavy atom. The lowest BCUT2D eigenvalue weighted by molar-refractivity contribution is -0.131. The number of carbonyl (C=O) groups excluding carboxylic acids is 2. The summed E-state index contributed by atoms with van der Waals surface area (Å²) in [6, 6.07) is 5.33. The Morgan fingerprint density at radius 2 is 2.22 bits per heavy atom. The van der Waals surface area contributed by atoms with Crippen LogP contribution >= 0.6 is 15.9 Å². The van der Waals surface area contributed by atoms with Gasteiger partial charge in [-0.1, -0.05) is 15.9 Å². The first-order chi connectivity index (χ1) is 8.49. The predicted molar refractivity (Wildman–Crippen MR) is 73.3 cm³/mol. The van der Waals surface area contributed by atoms with Crippen molar-refractivity contribution in [2.24, 2.45) is 0 Å². The molecule has 1 aromatic carbocycles. The molecule has 0 spiro atoms. The number of carbonyl (C=O) groups is 2. The summed E-state index contributed by atoms with van der Waals surface area (Å²) in [4.78, 5) is 25.0. The molecule has 0 bridgehead atoms. The van der Waals surface area contributed by atoms with Crippen molar-refractivity contribution in [1.82, 2.24) is 4.90 Å². The Morgan fingerprint density at radius 3 is 2.78 bits per heavy atom. The van der Waals surface area contributed by atoms with Crippen LogP contribution in [0.25, 0.3) is 0 Å². The molecule has 2 amide bonds. The number of nitrogens with one attached hydrogen (secondary N) is 1. The molecule has 2 rings (SSSR count). The fraction of sp³-hybridized carbons (Fsp3) is 0.385. The second-order valence-electron chi connectivity index (χ2n) is 4.51. The smallest absolute Gasteiger partial charge is 0.247 e. The maximum absolute atomic E-state index is 12.1. The van der Waals surface area contributed by atoms with E-state index in [0.717, 1.165) is 15.7 Å². The van der Waals surface area contributed by atoms with Crippen LogP contribution in [0.3, 0.4) is 0 Å². The highest BCUT2D eigenvalue weighted by molar-refractivity contribution is 9.10. The predicted octanol–water partition coefficient (Wildman–Crippen LogP) is 2.32. The second-order valence-corrected chi connectivity index (χ2v) is 5.42. The summed E-state index contributed by atoms with van der Waals surface area (Å²) in [6.45, 7) is 1.93. The Bertz CT molecular complexity index is 502. The Hall–Kier alpha value is -1.36. The summed E-state index contributed by atoms with van der Waals surface area (Å²) < 4.78 is 0.978. The van der Waals surface area contributed by atoms with E-state index in [1.165, 1.54) is 4.90 Å². The van der Waals surface area contributed by atoms with Gasteiger partial charge in [0.05, 0.1) is 0 Å². The van der Waals surface area contributed by atoms with Crippen LogP contribution in [-0.4, -0.2) is 29.8 Å². The topological polar surface area (TPSA) is 49.4 Å². The summed E-state index contributed by atoms with van der Waals surface area (Å²) >= 11 is 3.38. The number of halogens is 1. The first-order valence-corrected chi connectivity index (χ1v) is 6.61. The lowest BCUT2D eigenvalue weighted by Crippen LogP contribution is -2.39. The van der Waals surface area contributed by atoms with Crippen molar-refractivity contribution in [2.45, 2.75) is 25.8 Å². The normalized spacial score (nSPS) is 19.2. The molecule has 1 aromatic rings. The SMILES string of the molecule is Cc1cc(Br)ccc1NC(=O)C1CCC(=O)N1C. The number of hydrogen-bond donors (Lipinski definition) is 1. The van der Waals surface area contributed by atoms with Crippen molar-refractivity contribution in [3.8, 4) is 0 Å². The van der Waals surface area contributed by atoms with Crippen LogP contribution in [0.5, 0.6) is 0 Å². The number of aryl methyl sites for hydroxylation is 1.